The van der Waals surface area contributed by atoms with Crippen LogP contribution in [0.15, 0.2) is 0 Å². The molecule has 0 bridgehead atoms. The van der Waals surface area contributed by atoms with Crippen LogP contribution in [0.5, 0.6) is 0 Å². The minimum atomic E-state index is -0.625. The molecule has 3 heteroatoms. The van der Waals surface area contributed by atoms with E-state index < -0.39 is 6.10 Å². The molecule has 12 heavy (non-hydrogen) atoms. The Kier molecular flexibility index (Phi) is 6.34. The Morgan fingerprint density at radius 2 is 1.83 bits per heavy atom. The molecule has 3 N–H and O–H groups in total. The summed E-state index contributed by atoms with van der Waals surface area (Å²) in [6.45, 7) is 6.73. The molecule has 0 aliphatic rings. The van der Waals surface area contributed by atoms with Gasteiger partial charge in [-0.1, -0.05) is 13.8 Å². The van der Waals surface area contributed by atoms with Crippen LogP contribution in [0.4, 0.5) is 0 Å². The van der Waals surface area contributed by atoms with Crippen molar-refractivity contribution in [3.8, 4) is 0 Å². The van der Waals surface area contributed by atoms with Crippen molar-refractivity contribution in [2.75, 3.05) is 13.2 Å². The Bertz CT molecular complexity index is 107. The lowest BCUT2D eigenvalue weighted by molar-refractivity contribution is 0.0917. The Morgan fingerprint density at radius 3 is 2.25 bits per heavy atom. The highest BCUT2D eigenvalue weighted by Crippen LogP contribution is 2.03. The van der Waals surface area contributed by atoms with E-state index in [9.17, 15) is 0 Å². The molecule has 74 valence electrons. The zero-order valence-corrected chi connectivity index (χ0v) is 8.25. The van der Waals surface area contributed by atoms with Crippen LogP contribution in [0.25, 0.3) is 0 Å². The van der Waals surface area contributed by atoms with Gasteiger partial charge in [0.05, 0.1) is 12.7 Å². The number of rotatable bonds is 6. The van der Waals surface area contributed by atoms with E-state index in [1.165, 1.54) is 0 Å². The lowest BCUT2D eigenvalue weighted by atomic mass is 10.1. The Morgan fingerprint density at radius 1 is 1.25 bits per heavy atom. The SMILES string of the molecule is CC(C)C[C@H](C)NC[C@@H](O)CO. The molecule has 0 unspecified atom stereocenters. The van der Waals surface area contributed by atoms with Gasteiger partial charge < -0.3 is 15.5 Å². The minimum Gasteiger partial charge on any atom is -0.394 e. The summed E-state index contributed by atoms with van der Waals surface area (Å²) in [5.41, 5.74) is 0. The average Bonchev–Trinajstić information content (AvgIpc) is 1.99. The summed E-state index contributed by atoms with van der Waals surface area (Å²) in [6, 6.07) is 0.409. The number of aliphatic hydroxyl groups excluding tert-OH is 2. The van der Waals surface area contributed by atoms with Gasteiger partial charge in [-0.05, 0) is 19.3 Å². The molecule has 0 saturated heterocycles. The van der Waals surface area contributed by atoms with Crippen LogP contribution in [0.2, 0.25) is 0 Å². The highest BCUT2D eigenvalue weighted by Gasteiger charge is 2.06. The van der Waals surface area contributed by atoms with Crippen LogP contribution >= 0.6 is 0 Å². The van der Waals surface area contributed by atoms with Gasteiger partial charge >= 0.3 is 0 Å². The van der Waals surface area contributed by atoms with E-state index >= 15 is 0 Å². The summed E-state index contributed by atoms with van der Waals surface area (Å²) in [4.78, 5) is 0. The van der Waals surface area contributed by atoms with Crippen molar-refractivity contribution in [1.29, 1.82) is 0 Å². The molecule has 0 saturated carbocycles. The first-order valence-corrected chi connectivity index (χ1v) is 4.58. The first-order valence-electron chi connectivity index (χ1n) is 4.58. The summed E-state index contributed by atoms with van der Waals surface area (Å²) < 4.78 is 0. The van der Waals surface area contributed by atoms with E-state index in [-0.39, 0.29) is 6.61 Å². The van der Waals surface area contributed by atoms with Crippen LogP contribution < -0.4 is 5.32 Å². The molecular weight excluding hydrogens is 154 g/mol. The molecule has 3 nitrogen and oxygen atoms in total. The zero-order valence-electron chi connectivity index (χ0n) is 8.25. The fourth-order valence-corrected chi connectivity index (χ4v) is 1.19. The highest BCUT2D eigenvalue weighted by atomic mass is 16.3. The largest absolute Gasteiger partial charge is 0.394 e. The van der Waals surface area contributed by atoms with Crippen molar-refractivity contribution < 1.29 is 10.2 Å². The standard InChI is InChI=1S/C9H21NO2/c1-7(2)4-8(3)10-5-9(12)6-11/h7-12H,4-6H2,1-3H3/t8-,9+/m0/s1. The van der Waals surface area contributed by atoms with Gasteiger partial charge in [0.2, 0.25) is 0 Å². The van der Waals surface area contributed by atoms with Crippen LogP contribution in [0.1, 0.15) is 27.2 Å². The van der Waals surface area contributed by atoms with Crippen LogP contribution in [-0.2, 0) is 0 Å². The molecule has 0 rings (SSSR count). The summed E-state index contributed by atoms with van der Waals surface area (Å²) in [5, 5.41) is 20.7. The minimum absolute atomic E-state index is 0.165. The van der Waals surface area contributed by atoms with Crippen LogP contribution in [-0.4, -0.2) is 35.5 Å². The van der Waals surface area contributed by atoms with Gasteiger partial charge in [0.15, 0.2) is 0 Å². The van der Waals surface area contributed by atoms with Crippen molar-refractivity contribution in [3.63, 3.8) is 0 Å². The zero-order chi connectivity index (χ0) is 9.56. The smallest absolute Gasteiger partial charge is 0.0895 e. The number of hydrogen-bond donors (Lipinski definition) is 3. The number of hydrogen-bond acceptors (Lipinski definition) is 3. The maximum atomic E-state index is 9.03. The fraction of sp³-hybridized carbons (Fsp3) is 1.00. The first-order chi connectivity index (χ1) is 5.56. The summed E-state index contributed by atoms with van der Waals surface area (Å²) in [5.74, 6) is 0.666. The summed E-state index contributed by atoms with van der Waals surface area (Å²) in [6.07, 6.45) is 0.470. The Hall–Kier alpha value is -0.120. The maximum Gasteiger partial charge on any atom is 0.0895 e. The predicted molar refractivity (Wildman–Crippen MR) is 50.0 cm³/mol. The Labute approximate surface area is 74.8 Å². The summed E-state index contributed by atoms with van der Waals surface area (Å²) in [7, 11) is 0. The lowest BCUT2D eigenvalue weighted by Gasteiger charge is -2.17. The van der Waals surface area contributed by atoms with Gasteiger partial charge in [-0.2, -0.15) is 0 Å². The third-order valence-corrected chi connectivity index (χ3v) is 1.74. The summed E-state index contributed by atoms with van der Waals surface area (Å²) >= 11 is 0. The maximum absolute atomic E-state index is 9.03. The van der Waals surface area contributed by atoms with Gasteiger partial charge in [0.25, 0.3) is 0 Å². The normalized spacial score (nSPS) is 16.5. The van der Waals surface area contributed by atoms with Crippen molar-refractivity contribution >= 4 is 0 Å². The van der Waals surface area contributed by atoms with Gasteiger partial charge in [-0.25, -0.2) is 0 Å². The highest BCUT2D eigenvalue weighted by molar-refractivity contribution is 4.65. The van der Waals surface area contributed by atoms with E-state index in [4.69, 9.17) is 10.2 Å². The van der Waals surface area contributed by atoms with Crippen molar-refractivity contribution in [2.45, 2.75) is 39.3 Å². The molecule has 0 aliphatic heterocycles. The molecule has 0 aromatic carbocycles. The second-order valence-corrected chi connectivity index (χ2v) is 3.78. The second-order valence-electron chi connectivity index (χ2n) is 3.78. The number of nitrogens with one attached hydrogen (secondary N) is 1. The molecule has 0 aliphatic carbocycles. The molecule has 0 fully saturated rings. The van der Waals surface area contributed by atoms with Crippen molar-refractivity contribution in [1.82, 2.24) is 5.32 Å². The molecule has 2 atom stereocenters. The van der Waals surface area contributed by atoms with Crippen LogP contribution in [0, 0.1) is 5.92 Å². The van der Waals surface area contributed by atoms with Gasteiger partial charge in [0, 0.05) is 12.6 Å². The fourth-order valence-electron chi connectivity index (χ4n) is 1.19. The Balaban J connectivity index is 3.36. The molecule has 0 aromatic rings. The van der Waals surface area contributed by atoms with Gasteiger partial charge in [-0.3, -0.25) is 0 Å². The topological polar surface area (TPSA) is 52.5 Å². The third-order valence-electron chi connectivity index (χ3n) is 1.74. The van der Waals surface area contributed by atoms with E-state index in [1.807, 2.05) is 0 Å². The predicted octanol–water partition coefficient (Wildman–Crippen LogP) is 0.364. The monoisotopic (exact) mass is 175 g/mol. The second kappa shape index (κ2) is 6.40. The van der Waals surface area contributed by atoms with Crippen molar-refractivity contribution in [3.05, 3.63) is 0 Å². The van der Waals surface area contributed by atoms with Gasteiger partial charge in [-0.15, -0.1) is 0 Å². The third kappa shape index (κ3) is 6.58. The first kappa shape index (κ1) is 11.9. The molecule has 0 amide bonds. The van der Waals surface area contributed by atoms with Crippen molar-refractivity contribution in [2.24, 2.45) is 5.92 Å². The molecule has 0 radical (unpaired) electrons. The quantitative estimate of drug-likeness (QED) is 0.546. The lowest BCUT2D eigenvalue weighted by Crippen LogP contribution is -2.36. The van der Waals surface area contributed by atoms with E-state index in [0.29, 0.717) is 18.5 Å². The van der Waals surface area contributed by atoms with E-state index in [0.717, 1.165) is 6.42 Å². The molecule has 0 aromatic heterocycles. The average molecular weight is 175 g/mol. The van der Waals surface area contributed by atoms with Gasteiger partial charge in [0.1, 0.15) is 0 Å². The van der Waals surface area contributed by atoms with E-state index in [2.05, 4.69) is 26.1 Å². The van der Waals surface area contributed by atoms with E-state index in [1.54, 1.807) is 0 Å². The molecule has 0 spiro atoms. The molecule has 0 heterocycles. The van der Waals surface area contributed by atoms with Crippen LogP contribution in [0.3, 0.4) is 0 Å². The molecular formula is C9H21NO2. The number of aliphatic hydroxyl groups is 2.